The zero-order chi connectivity index (χ0) is 21.2. The van der Waals surface area contributed by atoms with Gasteiger partial charge >= 0.3 is 0 Å². The van der Waals surface area contributed by atoms with Gasteiger partial charge in [-0.1, -0.05) is 0 Å². The third-order valence-electron chi connectivity index (χ3n) is 6.56. The highest BCUT2D eigenvalue weighted by molar-refractivity contribution is 5.67. The number of nitrogens with one attached hydrogen (secondary N) is 1. The fourth-order valence-corrected chi connectivity index (χ4v) is 4.86. The van der Waals surface area contributed by atoms with Crippen LogP contribution >= 0.6 is 0 Å². The molecule has 2 aromatic heterocycles. The molecule has 0 bridgehead atoms. The maximum atomic E-state index is 13.4. The zero-order valence-corrected chi connectivity index (χ0v) is 18.2. The van der Waals surface area contributed by atoms with Crippen LogP contribution in [-0.2, 0) is 17.6 Å². The lowest BCUT2D eigenvalue weighted by Crippen LogP contribution is -3.15. The summed E-state index contributed by atoms with van der Waals surface area (Å²) in [7, 11) is 0. The third kappa shape index (κ3) is 4.16. The normalized spacial score (nSPS) is 17.3. The van der Waals surface area contributed by atoms with Gasteiger partial charge < -0.3 is 14.5 Å². The standard InChI is InChI=1S/C24H30FN5O/c1-2-31-16-15-28-11-13-29(14-12-28)24-20-5-3-4-6-21(20)26-23-17-22(27-30(23)24)18-7-9-19(25)10-8-18/h7-10,17H,2-6,11-16H2,1H3/p+1. The van der Waals surface area contributed by atoms with Gasteiger partial charge in [0.2, 0.25) is 0 Å². The van der Waals surface area contributed by atoms with Crippen LogP contribution in [0.3, 0.4) is 0 Å². The van der Waals surface area contributed by atoms with Crippen molar-refractivity contribution >= 4 is 11.5 Å². The van der Waals surface area contributed by atoms with Crippen molar-refractivity contribution in [2.75, 3.05) is 50.8 Å². The fourth-order valence-electron chi connectivity index (χ4n) is 4.86. The molecular formula is C24H31FN5O+. The number of nitrogens with zero attached hydrogens (tertiary/aromatic N) is 4. The monoisotopic (exact) mass is 424 g/mol. The molecule has 0 radical (unpaired) electrons. The van der Waals surface area contributed by atoms with Crippen LogP contribution in [0, 0.1) is 5.82 Å². The van der Waals surface area contributed by atoms with E-state index >= 15 is 0 Å². The quantitative estimate of drug-likeness (QED) is 0.616. The van der Waals surface area contributed by atoms with Crippen molar-refractivity contribution in [1.29, 1.82) is 0 Å². The van der Waals surface area contributed by atoms with E-state index in [-0.39, 0.29) is 5.82 Å². The van der Waals surface area contributed by atoms with E-state index in [4.69, 9.17) is 14.8 Å². The van der Waals surface area contributed by atoms with E-state index in [1.807, 2.05) is 10.6 Å². The van der Waals surface area contributed by atoms with Crippen LogP contribution < -0.4 is 9.80 Å². The summed E-state index contributed by atoms with van der Waals surface area (Å²) < 4.78 is 21.0. The van der Waals surface area contributed by atoms with Crippen molar-refractivity contribution in [3.8, 4) is 11.3 Å². The van der Waals surface area contributed by atoms with Gasteiger partial charge in [-0.05, 0) is 56.9 Å². The maximum absolute atomic E-state index is 13.4. The lowest BCUT2D eigenvalue weighted by molar-refractivity contribution is -0.901. The summed E-state index contributed by atoms with van der Waals surface area (Å²) in [5.41, 5.74) is 5.25. The second kappa shape index (κ2) is 8.93. The van der Waals surface area contributed by atoms with Gasteiger partial charge in [-0.25, -0.2) is 9.37 Å². The van der Waals surface area contributed by atoms with Crippen molar-refractivity contribution in [2.45, 2.75) is 32.6 Å². The first-order valence-electron chi connectivity index (χ1n) is 11.6. The Balaban J connectivity index is 1.48. The molecule has 0 saturated carbocycles. The Morgan fingerprint density at radius 2 is 1.87 bits per heavy atom. The number of benzene rings is 1. The highest BCUT2D eigenvalue weighted by atomic mass is 19.1. The molecule has 2 aliphatic rings. The van der Waals surface area contributed by atoms with Gasteiger partial charge in [0.25, 0.3) is 0 Å². The molecule has 6 nitrogen and oxygen atoms in total. The average molecular weight is 425 g/mol. The smallest absolute Gasteiger partial charge is 0.158 e. The van der Waals surface area contributed by atoms with E-state index in [1.54, 1.807) is 17.0 Å². The Morgan fingerprint density at radius 3 is 2.65 bits per heavy atom. The van der Waals surface area contributed by atoms with Gasteiger partial charge in [-0.2, -0.15) is 9.61 Å². The van der Waals surface area contributed by atoms with Crippen molar-refractivity contribution in [3.63, 3.8) is 0 Å². The molecule has 164 valence electrons. The van der Waals surface area contributed by atoms with Crippen LogP contribution in [0.15, 0.2) is 30.3 Å². The fraction of sp³-hybridized carbons (Fsp3) is 0.500. The van der Waals surface area contributed by atoms with Crippen molar-refractivity contribution in [3.05, 3.63) is 47.4 Å². The molecule has 0 spiro atoms. The summed E-state index contributed by atoms with van der Waals surface area (Å²) in [4.78, 5) is 9.09. The highest BCUT2D eigenvalue weighted by Gasteiger charge is 2.28. The van der Waals surface area contributed by atoms with Gasteiger partial charge in [0.1, 0.15) is 18.2 Å². The minimum Gasteiger partial charge on any atom is -0.376 e. The summed E-state index contributed by atoms with van der Waals surface area (Å²) in [5, 5.41) is 4.94. The van der Waals surface area contributed by atoms with Crippen LogP contribution in [0.1, 0.15) is 31.0 Å². The molecule has 0 amide bonds. The molecule has 0 atom stereocenters. The number of aryl methyl sites for hydroxylation is 1. The molecule has 1 fully saturated rings. The van der Waals surface area contributed by atoms with Crippen molar-refractivity contribution in [1.82, 2.24) is 14.6 Å². The molecule has 5 rings (SSSR count). The Morgan fingerprint density at radius 1 is 1.10 bits per heavy atom. The number of hydrogen-bond donors (Lipinski definition) is 1. The van der Waals surface area contributed by atoms with Gasteiger partial charge in [-0.15, -0.1) is 0 Å². The van der Waals surface area contributed by atoms with Crippen molar-refractivity contribution < 1.29 is 14.0 Å². The SMILES string of the molecule is CCOCC[NH+]1CCN(c2c3c(nc4cc(-c5ccc(F)cc5)nn24)CCCC3)CC1. The van der Waals surface area contributed by atoms with E-state index < -0.39 is 0 Å². The number of ether oxygens (including phenoxy) is 1. The largest absolute Gasteiger partial charge is 0.376 e. The predicted molar refractivity (Wildman–Crippen MR) is 119 cm³/mol. The van der Waals surface area contributed by atoms with E-state index in [0.717, 1.165) is 75.7 Å². The molecule has 7 heteroatoms. The summed E-state index contributed by atoms with van der Waals surface area (Å²) >= 11 is 0. The number of halogens is 1. The molecule has 0 unspecified atom stereocenters. The number of piperazine rings is 1. The van der Waals surface area contributed by atoms with Gasteiger partial charge in [-0.3, -0.25) is 0 Å². The predicted octanol–water partition coefficient (Wildman–Crippen LogP) is 2.16. The Kier molecular flexibility index (Phi) is 5.87. The van der Waals surface area contributed by atoms with Crippen LogP contribution in [0.4, 0.5) is 10.2 Å². The number of hydrogen-bond acceptors (Lipinski definition) is 4. The molecule has 1 saturated heterocycles. The summed E-state index contributed by atoms with van der Waals surface area (Å²) in [6, 6.07) is 8.59. The molecule has 1 N–H and O–H groups in total. The number of aromatic nitrogens is 3. The van der Waals surface area contributed by atoms with E-state index in [1.165, 1.54) is 42.0 Å². The molecule has 1 aliphatic carbocycles. The molecular weight excluding hydrogens is 393 g/mol. The lowest BCUT2D eigenvalue weighted by atomic mass is 9.96. The first-order chi connectivity index (χ1) is 15.2. The first-order valence-corrected chi connectivity index (χ1v) is 11.6. The van der Waals surface area contributed by atoms with Gasteiger partial charge in [0, 0.05) is 29.5 Å². The van der Waals surface area contributed by atoms with Crippen LogP contribution in [-0.4, -0.2) is 60.5 Å². The minimum atomic E-state index is -0.230. The number of quaternary nitrogens is 1. The Bertz CT molecular complexity index is 1040. The number of rotatable bonds is 6. The second-order valence-corrected chi connectivity index (χ2v) is 8.56. The number of fused-ring (bicyclic) bond motifs is 2. The summed E-state index contributed by atoms with van der Waals surface area (Å²) in [6.45, 7) is 8.99. The second-order valence-electron chi connectivity index (χ2n) is 8.56. The van der Waals surface area contributed by atoms with Crippen LogP contribution in [0.5, 0.6) is 0 Å². The van der Waals surface area contributed by atoms with E-state index in [2.05, 4.69) is 11.8 Å². The van der Waals surface area contributed by atoms with E-state index in [0.29, 0.717) is 0 Å². The van der Waals surface area contributed by atoms with Gasteiger partial charge in [0.15, 0.2) is 5.65 Å². The Labute approximate surface area is 182 Å². The van der Waals surface area contributed by atoms with Crippen LogP contribution in [0.2, 0.25) is 0 Å². The molecule has 31 heavy (non-hydrogen) atoms. The third-order valence-corrected chi connectivity index (χ3v) is 6.56. The van der Waals surface area contributed by atoms with Crippen molar-refractivity contribution in [2.24, 2.45) is 0 Å². The topological polar surface area (TPSA) is 47.1 Å². The molecule has 3 aromatic rings. The van der Waals surface area contributed by atoms with Gasteiger partial charge in [0.05, 0.1) is 38.5 Å². The lowest BCUT2D eigenvalue weighted by Gasteiger charge is -2.35. The van der Waals surface area contributed by atoms with E-state index in [9.17, 15) is 4.39 Å². The average Bonchev–Trinajstić information content (AvgIpc) is 3.22. The zero-order valence-electron chi connectivity index (χ0n) is 18.2. The molecule has 3 heterocycles. The molecule has 1 aliphatic heterocycles. The molecule has 1 aromatic carbocycles. The Hall–Kier alpha value is -2.51. The first kappa shape index (κ1) is 20.4. The summed E-state index contributed by atoms with van der Waals surface area (Å²) in [5.74, 6) is 0.989. The highest BCUT2D eigenvalue weighted by Crippen LogP contribution is 2.32. The maximum Gasteiger partial charge on any atom is 0.158 e. The van der Waals surface area contributed by atoms with Crippen LogP contribution in [0.25, 0.3) is 16.9 Å². The minimum absolute atomic E-state index is 0.230. The summed E-state index contributed by atoms with van der Waals surface area (Å²) in [6.07, 6.45) is 4.51. The number of anilines is 1.